The molecule has 0 N–H and O–H groups in total. The lowest BCUT2D eigenvalue weighted by atomic mass is 9.88. The number of unbranched alkanes of at least 4 members (excludes halogenated alkanes) is 1. The molecule has 1 aliphatic carbocycles. The molecule has 0 bridgehead atoms. The van der Waals surface area contributed by atoms with Crippen LogP contribution in [-0.4, -0.2) is 54.0 Å². The molecular formula is C23H36N2O4. The van der Waals surface area contributed by atoms with Crippen molar-refractivity contribution in [3.8, 4) is 0 Å². The molecular weight excluding hydrogens is 368 g/mol. The molecule has 2 aliphatic rings. The number of carbonyl (C=O) groups excluding carboxylic acids is 2. The Morgan fingerprint density at radius 2 is 1.93 bits per heavy atom. The summed E-state index contributed by atoms with van der Waals surface area (Å²) in [7, 11) is 0. The molecule has 6 heteroatoms. The predicted octanol–water partition coefficient (Wildman–Crippen LogP) is 4.00. The molecule has 29 heavy (non-hydrogen) atoms. The Balaban J connectivity index is 1.66. The van der Waals surface area contributed by atoms with Crippen molar-refractivity contribution in [3.05, 3.63) is 24.2 Å². The Kier molecular flexibility index (Phi) is 8.59. The first-order chi connectivity index (χ1) is 14.2. The molecule has 2 fully saturated rings. The Morgan fingerprint density at radius 1 is 1.10 bits per heavy atom. The SMILES string of the molecule is CCCCN(CC(=O)N(Cc1ccco1)C[C@@H]1CCCO1)C(=O)C1CCCCC1. The maximum atomic E-state index is 13.3. The van der Waals surface area contributed by atoms with Crippen LogP contribution in [0.15, 0.2) is 22.8 Å². The third-order valence-electron chi connectivity index (χ3n) is 6.10. The Hall–Kier alpha value is -1.82. The normalized spacial score (nSPS) is 20.0. The number of amides is 2. The Labute approximate surface area is 174 Å². The van der Waals surface area contributed by atoms with Gasteiger partial charge in [-0.3, -0.25) is 9.59 Å². The van der Waals surface area contributed by atoms with Crippen LogP contribution in [0.25, 0.3) is 0 Å². The lowest BCUT2D eigenvalue weighted by Gasteiger charge is -2.31. The predicted molar refractivity (Wildman–Crippen MR) is 111 cm³/mol. The lowest BCUT2D eigenvalue weighted by Crippen LogP contribution is -2.47. The molecule has 1 aromatic heterocycles. The summed E-state index contributed by atoms with van der Waals surface area (Å²) in [4.78, 5) is 30.0. The topological polar surface area (TPSA) is 63.0 Å². The van der Waals surface area contributed by atoms with Gasteiger partial charge >= 0.3 is 0 Å². The first-order valence-electron chi connectivity index (χ1n) is 11.4. The van der Waals surface area contributed by atoms with Crippen molar-refractivity contribution < 1.29 is 18.7 Å². The largest absolute Gasteiger partial charge is 0.467 e. The number of ether oxygens (including phenoxy) is 1. The molecule has 1 aromatic rings. The summed E-state index contributed by atoms with van der Waals surface area (Å²) in [6.45, 7) is 4.67. The fraction of sp³-hybridized carbons (Fsp3) is 0.739. The highest BCUT2D eigenvalue weighted by Crippen LogP contribution is 2.26. The van der Waals surface area contributed by atoms with E-state index < -0.39 is 0 Å². The number of nitrogens with zero attached hydrogens (tertiary/aromatic N) is 2. The standard InChI is InChI=1S/C23H36N2O4/c1-2-3-13-24(23(27)19-9-5-4-6-10-19)18-22(26)25(16-20-11-7-14-28-20)17-21-12-8-15-29-21/h7,11,14,19,21H,2-6,8-10,12-13,15-18H2,1H3/t21-/m0/s1. The average molecular weight is 405 g/mol. The average Bonchev–Trinajstić information content (AvgIpc) is 3.45. The summed E-state index contributed by atoms with van der Waals surface area (Å²) in [6.07, 6.45) is 11.0. The van der Waals surface area contributed by atoms with E-state index in [4.69, 9.17) is 9.15 Å². The molecule has 0 spiro atoms. The van der Waals surface area contributed by atoms with Crippen LogP contribution in [0.3, 0.4) is 0 Å². The van der Waals surface area contributed by atoms with Crippen molar-refractivity contribution >= 4 is 11.8 Å². The van der Waals surface area contributed by atoms with Gasteiger partial charge in [0.25, 0.3) is 0 Å². The second kappa shape index (κ2) is 11.4. The van der Waals surface area contributed by atoms with E-state index >= 15 is 0 Å². The molecule has 2 heterocycles. The van der Waals surface area contributed by atoms with Gasteiger partial charge in [-0.1, -0.05) is 32.6 Å². The van der Waals surface area contributed by atoms with Gasteiger partial charge in [-0.15, -0.1) is 0 Å². The molecule has 2 amide bonds. The second-order valence-corrected chi connectivity index (χ2v) is 8.44. The van der Waals surface area contributed by atoms with E-state index in [1.165, 1.54) is 6.42 Å². The number of furan rings is 1. The number of hydrogen-bond donors (Lipinski definition) is 0. The van der Waals surface area contributed by atoms with Gasteiger partial charge in [-0.25, -0.2) is 0 Å². The highest BCUT2D eigenvalue weighted by molar-refractivity contribution is 5.86. The van der Waals surface area contributed by atoms with Crippen LogP contribution in [-0.2, 0) is 20.9 Å². The van der Waals surface area contributed by atoms with Crippen molar-refractivity contribution in [3.63, 3.8) is 0 Å². The van der Waals surface area contributed by atoms with Gasteiger partial charge in [0.1, 0.15) is 5.76 Å². The van der Waals surface area contributed by atoms with Gasteiger partial charge in [0, 0.05) is 25.6 Å². The fourth-order valence-electron chi connectivity index (χ4n) is 4.37. The first-order valence-corrected chi connectivity index (χ1v) is 11.4. The fourth-order valence-corrected chi connectivity index (χ4v) is 4.37. The summed E-state index contributed by atoms with van der Waals surface area (Å²) in [6, 6.07) is 3.72. The molecule has 1 atom stereocenters. The zero-order valence-corrected chi connectivity index (χ0v) is 17.8. The number of hydrogen-bond acceptors (Lipinski definition) is 4. The Morgan fingerprint density at radius 3 is 2.59 bits per heavy atom. The summed E-state index contributed by atoms with van der Waals surface area (Å²) < 4.78 is 11.2. The third kappa shape index (κ3) is 6.59. The van der Waals surface area contributed by atoms with Gasteiger partial charge in [0.15, 0.2) is 0 Å². The van der Waals surface area contributed by atoms with E-state index in [1.54, 1.807) is 6.26 Å². The van der Waals surface area contributed by atoms with Crippen LogP contribution in [0.1, 0.15) is 70.5 Å². The second-order valence-electron chi connectivity index (χ2n) is 8.44. The molecule has 0 radical (unpaired) electrons. The minimum atomic E-state index is -0.0165. The molecule has 0 aromatic carbocycles. The van der Waals surface area contributed by atoms with Crippen LogP contribution in [0.4, 0.5) is 0 Å². The van der Waals surface area contributed by atoms with Crippen LogP contribution < -0.4 is 0 Å². The summed E-state index contributed by atoms with van der Waals surface area (Å²) in [5.74, 6) is 0.999. The molecule has 0 unspecified atom stereocenters. The van der Waals surface area contributed by atoms with Gasteiger partial charge < -0.3 is 19.0 Å². The maximum absolute atomic E-state index is 13.3. The maximum Gasteiger partial charge on any atom is 0.242 e. The zero-order valence-electron chi connectivity index (χ0n) is 17.8. The van der Waals surface area contributed by atoms with E-state index in [2.05, 4.69) is 6.92 Å². The quantitative estimate of drug-likeness (QED) is 0.591. The highest BCUT2D eigenvalue weighted by Gasteiger charge is 2.29. The first kappa shape index (κ1) is 21.9. The molecule has 162 valence electrons. The zero-order chi connectivity index (χ0) is 20.5. The molecule has 1 saturated heterocycles. The smallest absolute Gasteiger partial charge is 0.242 e. The minimum absolute atomic E-state index is 0.0165. The van der Waals surface area contributed by atoms with Gasteiger partial charge in [0.05, 0.1) is 25.5 Å². The van der Waals surface area contributed by atoms with Crippen molar-refractivity contribution in [1.82, 2.24) is 9.80 Å². The van der Waals surface area contributed by atoms with E-state index in [9.17, 15) is 9.59 Å². The number of rotatable bonds is 10. The molecule has 3 rings (SSSR count). The highest BCUT2D eigenvalue weighted by atomic mass is 16.5. The van der Waals surface area contributed by atoms with Crippen molar-refractivity contribution in [1.29, 1.82) is 0 Å². The van der Waals surface area contributed by atoms with Crippen molar-refractivity contribution in [2.24, 2.45) is 5.92 Å². The Bertz CT molecular complexity index is 619. The van der Waals surface area contributed by atoms with E-state index in [0.29, 0.717) is 19.6 Å². The minimum Gasteiger partial charge on any atom is -0.467 e. The van der Waals surface area contributed by atoms with E-state index in [1.807, 2.05) is 21.9 Å². The molecule has 1 aliphatic heterocycles. The van der Waals surface area contributed by atoms with Crippen molar-refractivity contribution in [2.75, 3.05) is 26.2 Å². The van der Waals surface area contributed by atoms with Crippen LogP contribution >= 0.6 is 0 Å². The molecule has 1 saturated carbocycles. The van der Waals surface area contributed by atoms with Gasteiger partial charge in [0.2, 0.25) is 11.8 Å². The summed E-state index contributed by atoms with van der Waals surface area (Å²) >= 11 is 0. The van der Waals surface area contributed by atoms with Crippen LogP contribution in [0, 0.1) is 5.92 Å². The van der Waals surface area contributed by atoms with Crippen LogP contribution in [0.2, 0.25) is 0 Å². The monoisotopic (exact) mass is 404 g/mol. The van der Waals surface area contributed by atoms with Crippen molar-refractivity contribution in [2.45, 2.75) is 77.4 Å². The summed E-state index contributed by atoms with van der Waals surface area (Å²) in [5, 5.41) is 0. The van der Waals surface area contributed by atoms with Crippen LogP contribution in [0.5, 0.6) is 0 Å². The van der Waals surface area contributed by atoms with E-state index in [0.717, 1.165) is 63.7 Å². The third-order valence-corrected chi connectivity index (χ3v) is 6.10. The molecule has 6 nitrogen and oxygen atoms in total. The van der Waals surface area contributed by atoms with E-state index in [-0.39, 0.29) is 30.4 Å². The number of carbonyl (C=O) groups is 2. The van der Waals surface area contributed by atoms with Gasteiger partial charge in [-0.05, 0) is 44.2 Å². The lowest BCUT2D eigenvalue weighted by molar-refractivity contribution is -0.144. The van der Waals surface area contributed by atoms with Gasteiger partial charge in [-0.2, -0.15) is 0 Å². The summed E-state index contributed by atoms with van der Waals surface area (Å²) in [5.41, 5.74) is 0.